The van der Waals surface area contributed by atoms with Crippen molar-refractivity contribution in [3.05, 3.63) is 52.2 Å². The summed E-state index contributed by atoms with van der Waals surface area (Å²) in [6.07, 6.45) is 1.77. The number of fused-ring (bicyclic) bond motifs is 1. The third kappa shape index (κ3) is 3.05. The van der Waals surface area contributed by atoms with Crippen LogP contribution in [0, 0.1) is 17.0 Å². The molecular formula is C15H15N3O2S. The second-order valence-corrected chi connectivity index (χ2v) is 5.11. The summed E-state index contributed by atoms with van der Waals surface area (Å²) in [5, 5.41) is 11.7. The van der Waals surface area contributed by atoms with Gasteiger partial charge in [-0.3, -0.25) is 10.1 Å². The van der Waals surface area contributed by atoms with Gasteiger partial charge < -0.3 is 0 Å². The molecule has 0 spiro atoms. The number of para-hydroxylation sites is 1. The Morgan fingerprint density at radius 3 is 2.67 bits per heavy atom. The number of rotatable bonds is 2. The van der Waals surface area contributed by atoms with E-state index in [1.165, 1.54) is 17.4 Å². The summed E-state index contributed by atoms with van der Waals surface area (Å²) in [4.78, 5) is 20.2. The number of nitrogens with zero attached hydrogens (tertiary/aromatic N) is 3. The summed E-state index contributed by atoms with van der Waals surface area (Å²) < 4.78 is 0. The van der Waals surface area contributed by atoms with E-state index in [0.29, 0.717) is 10.6 Å². The molecule has 2 heterocycles. The van der Waals surface area contributed by atoms with Gasteiger partial charge in [0.05, 0.1) is 10.5 Å². The van der Waals surface area contributed by atoms with Crippen LogP contribution in [0.1, 0.15) is 19.4 Å². The molecule has 0 atom stereocenters. The number of aryl methyl sites for hydroxylation is 1. The zero-order valence-corrected chi connectivity index (χ0v) is 12.8. The van der Waals surface area contributed by atoms with Crippen molar-refractivity contribution < 1.29 is 4.92 Å². The van der Waals surface area contributed by atoms with Gasteiger partial charge in [-0.1, -0.05) is 37.3 Å². The molecule has 0 saturated heterocycles. The second kappa shape index (κ2) is 6.41. The standard InChI is InChI=1S/C13H9N3O2S.C2H6/c1-8-6-10-13(14-7-8)19-12(15-10)9-4-2-3-5-11(9)16(17)18;1-2/h2-7H,1H3;1-2H3. The molecule has 0 amide bonds. The lowest BCUT2D eigenvalue weighted by atomic mass is 10.2. The first-order valence-electron chi connectivity index (χ1n) is 6.62. The Kier molecular flexibility index (Phi) is 4.59. The molecule has 0 N–H and O–H groups in total. The van der Waals surface area contributed by atoms with E-state index in [-0.39, 0.29) is 10.6 Å². The molecule has 1 aromatic carbocycles. The lowest BCUT2D eigenvalue weighted by molar-refractivity contribution is -0.384. The van der Waals surface area contributed by atoms with Crippen LogP contribution in [-0.2, 0) is 0 Å². The lowest BCUT2D eigenvalue weighted by Gasteiger charge is -1.97. The van der Waals surface area contributed by atoms with E-state index in [9.17, 15) is 10.1 Å². The van der Waals surface area contributed by atoms with Crippen molar-refractivity contribution in [2.75, 3.05) is 0 Å². The van der Waals surface area contributed by atoms with Crippen molar-refractivity contribution >= 4 is 27.4 Å². The molecule has 5 nitrogen and oxygen atoms in total. The van der Waals surface area contributed by atoms with E-state index in [4.69, 9.17) is 0 Å². The van der Waals surface area contributed by atoms with Crippen LogP contribution in [-0.4, -0.2) is 14.9 Å². The highest BCUT2D eigenvalue weighted by Gasteiger charge is 2.17. The smallest absolute Gasteiger partial charge is 0.258 e. The predicted octanol–water partition coefficient (Wildman–Crippen LogP) is 4.60. The van der Waals surface area contributed by atoms with Gasteiger partial charge in [-0.25, -0.2) is 9.97 Å². The number of benzene rings is 1. The number of thiazole rings is 1. The summed E-state index contributed by atoms with van der Waals surface area (Å²) in [7, 11) is 0. The highest BCUT2D eigenvalue weighted by molar-refractivity contribution is 7.21. The van der Waals surface area contributed by atoms with Crippen LogP contribution in [0.2, 0.25) is 0 Å². The molecule has 0 fully saturated rings. The average Bonchev–Trinajstić information content (AvgIpc) is 2.92. The van der Waals surface area contributed by atoms with Gasteiger partial charge in [-0.15, -0.1) is 0 Å². The third-order valence-electron chi connectivity index (χ3n) is 2.72. The molecule has 2 aromatic heterocycles. The summed E-state index contributed by atoms with van der Waals surface area (Å²) in [5.74, 6) is 0. The van der Waals surface area contributed by atoms with Crippen molar-refractivity contribution in [2.45, 2.75) is 20.8 Å². The summed E-state index contributed by atoms with van der Waals surface area (Å²) in [5.41, 5.74) is 2.40. The normalized spacial score (nSPS) is 10.0. The molecular weight excluding hydrogens is 286 g/mol. The molecule has 21 heavy (non-hydrogen) atoms. The monoisotopic (exact) mass is 301 g/mol. The van der Waals surface area contributed by atoms with Crippen LogP contribution in [0.3, 0.4) is 0 Å². The first-order chi connectivity index (χ1) is 10.1. The zero-order valence-electron chi connectivity index (χ0n) is 12.0. The van der Waals surface area contributed by atoms with Crippen LogP contribution in [0.15, 0.2) is 36.5 Å². The molecule has 0 aliphatic heterocycles. The van der Waals surface area contributed by atoms with Gasteiger partial charge in [0, 0.05) is 12.3 Å². The van der Waals surface area contributed by atoms with Gasteiger partial charge >= 0.3 is 0 Å². The van der Waals surface area contributed by atoms with Gasteiger partial charge in [-0.2, -0.15) is 0 Å². The Morgan fingerprint density at radius 1 is 1.24 bits per heavy atom. The maximum atomic E-state index is 11.0. The Morgan fingerprint density at radius 2 is 1.95 bits per heavy atom. The number of pyridine rings is 1. The van der Waals surface area contributed by atoms with Crippen LogP contribution >= 0.6 is 11.3 Å². The zero-order chi connectivity index (χ0) is 15.4. The molecule has 3 aromatic rings. The molecule has 3 rings (SSSR count). The largest absolute Gasteiger partial charge is 0.279 e. The number of nitro groups is 1. The van der Waals surface area contributed by atoms with Crippen LogP contribution < -0.4 is 0 Å². The Hall–Kier alpha value is -2.34. The van der Waals surface area contributed by atoms with Crippen molar-refractivity contribution in [1.29, 1.82) is 0 Å². The topological polar surface area (TPSA) is 68.9 Å². The minimum atomic E-state index is -0.389. The SMILES string of the molecule is CC.Cc1cnc2sc(-c3ccccc3[N+](=O)[O-])nc2c1. The maximum absolute atomic E-state index is 11.0. The number of hydrogen-bond donors (Lipinski definition) is 0. The van der Waals surface area contributed by atoms with Crippen molar-refractivity contribution in [2.24, 2.45) is 0 Å². The van der Waals surface area contributed by atoms with Crippen LogP contribution in [0.4, 0.5) is 5.69 Å². The third-order valence-corrected chi connectivity index (χ3v) is 3.73. The quantitative estimate of drug-likeness (QED) is 0.512. The first kappa shape index (κ1) is 15.1. The molecule has 108 valence electrons. The van der Waals surface area contributed by atoms with Gasteiger partial charge in [0.2, 0.25) is 0 Å². The van der Waals surface area contributed by atoms with E-state index >= 15 is 0 Å². The Labute approximate surface area is 126 Å². The van der Waals surface area contributed by atoms with E-state index in [1.54, 1.807) is 24.4 Å². The summed E-state index contributed by atoms with van der Waals surface area (Å²) in [6.45, 7) is 5.94. The highest BCUT2D eigenvalue weighted by Crippen LogP contribution is 2.34. The molecule has 0 bridgehead atoms. The fraction of sp³-hybridized carbons (Fsp3) is 0.200. The van der Waals surface area contributed by atoms with Crippen molar-refractivity contribution in [3.63, 3.8) is 0 Å². The van der Waals surface area contributed by atoms with Gasteiger partial charge in [-0.05, 0) is 24.6 Å². The fourth-order valence-electron chi connectivity index (χ4n) is 1.85. The first-order valence-corrected chi connectivity index (χ1v) is 7.44. The molecule has 0 saturated carbocycles. The number of aromatic nitrogens is 2. The molecule has 0 aliphatic rings. The van der Waals surface area contributed by atoms with Crippen molar-refractivity contribution in [3.8, 4) is 10.6 Å². The average molecular weight is 301 g/mol. The molecule has 0 unspecified atom stereocenters. The predicted molar refractivity (Wildman–Crippen MR) is 85.6 cm³/mol. The van der Waals surface area contributed by atoms with Gasteiger partial charge in [0.25, 0.3) is 5.69 Å². The van der Waals surface area contributed by atoms with Crippen molar-refractivity contribution in [1.82, 2.24) is 9.97 Å². The van der Waals surface area contributed by atoms with E-state index in [0.717, 1.165) is 15.9 Å². The van der Waals surface area contributed by atoms with E-state index < -0.39 is 0 Å². The Balaban J connectivity index is 0.000000774. The molecule has 0 aliphatic carbocycles. The van der Waals surface area contributed by atoms with E-state index in [2.05, 4.69) is 9.97 Å². The Bertz CT molecular complexity index is 783. The lowest BCUT2D eigenvalue weighted by Crippen LogP contribution is -1.90. The maximum Gasteiger partial charge on any atom is 0.279 e. The minimum absolute atomic E-state index is 0.0679. The molecule has 6 heteroatoms. The number of nitro benzene ring substituents is 1. The number of hydrogen-bond acceptors (Lipinski definition) is 5. The van der Waals surface area contributed by atoms with Crippen LogP contribution in [0.5, 0.6) is 0 Å². The highest BCUT2D eigenvalue weighted by atomic mass is 32.1. The van der Waals surface area contributed by atoms with E-state index in [1.807, 2.05) is 26.8 Å². The van der Waals surface area contributed by atoms with Gasteiger partial charge in [0.1, 0.15) is 15.4 Å². The molecule has 0 radical (unpaired) electrons. The summed E-state index contributed by atoms with van der Waals surface area (Å²) >= 11 is 1.36. The van der Waals surface area contributed by atoms with Gasteiger partial charge in [0.15, 0.2) is 0 Å². The van der Waals surface area contributed by atoms with Crippen LogP contribution in [0.25, 0.3) is 20.9 Å². The summed E-state index contributed by atoms with van der Waals surface area (Å²) in [6, 6.07) is 8.55. The minimum Gasteiger partial charge on any atom is -0.258 e. The fourth-order valence-corrected chi connectivity index (χ4v) is 2.78. The second-order valence-electron chi connectivity index (χ2n) is 4.13.